The monoisotopic (exact) mass is 261 g/mol. The number of hydrogen-bond donors (Lipinski definition) is 1. The Bertz CT molecular complexity index is 352. The molecule has 1 heterocycles. The molecule has 0 aliphatic carbocycles. The van der Waals surface area contributed by atoms with Crippen molar-refractivity contribution < 1.29 is 5.11 Å². The number of anilines is 1. The van der Waals surface area contributed by atoms with Gasteiger partial charge in [0.05, 0.1) is 0 Å². The van der Waals surface area contributed by atoms with E-state index in [4.69, 9.17) is 5.11 Å². The molecule has 19 heavy (non-hydrogen) atoms. The second-order valence-corrected chi connectivity index (χ2v) is 5.71. The largest absolute Gasteiger partial charge is 0.396 e. The molecular formula is C17H27NO. The van der Waals surface area contributed by atoms with Gasteiger partial charge in [0.1, 0.15) is 0 Å². The van der Waals surface area contributed by atoms with Crippen molar-refractivity contribution in [1.82, 2.24) is 0 Å². The molecule has 1 aliphatic heterocycles. The Morgan fingerprint density at radius 3 is 2.42 bits per heavy atom. The zero-order chi connectivity index (χ0) is 13.5. The summed E-state index contributed by atoms with van der Waals surface area (Å²) in [5.74, 6) is 0.949. The first-order chi connectivity index (χ1) is 9.33. The van der Waals surface area contributed by atoms with Crippen molar-refractivity contribution in [3.8, 4) is 0 Å². The topological polar surface area (TPSA) is 23.5 Å². The van der Waals surface area contributed by atoms with E-state index in [1.165, 1.54) is 56.4 Å². The molecular weight excluding hydrogens is 234 g/mol. The predicted molar refractivity (Wildman–Crippen MR) is 81.7 cm³/mol. The van der Waals surface area contributed by atoms with Gasteiger partial charge in [-0.2, -0.15) is 0 Å². The van der Waals surface area contributed by atoms with Crippen LogP contribution in [0.2, 0.25) is 0 Å². The molecule has 1 fully saturated rings. The molecule has 2 heteroatoms. The Morgan fingerprint density at radius 2 is 1.84 bits per heavy atom. The summed E-state index contributed by atoms with van der Waals surface area (Å²) in [4.78, 5) is 2.51. The van der Waals surface area contributed by atoms with Gasteiger partial charge in [-0.05, 0) is 42.9 Å². The fourth-order valence-corrected chi connectivity index (χ4v) is 2.98. The minimum absolute atomic E-state index is 0.238. The summed E-state index contributed by atoms with van der Waals surface area (Å²) in [7, 11) is 0. The number of nitrogens with zero attached hydrogens (tertiary/aromatic N) is 1. The van der Waals surface area contributed by atoms with Crippen molar-refractivity contribution >= 4 is 5.69 Å². The number of unbranched alkanes of at least 4 members (excludes halogenated alkanes) is 1. The third kappa shape index (κ3) is 4.24. The van der Waals surface area contributed by atoms with Crippen LogP contribution in [0, 0.1) is 5.92 Å². The van der Waals surface area contributed by atoms with Crippen LogP contribution in [0.25, 0.3) is 0 Å². The van der Waals surface area contributed by atoms with Crippen LogP contribution in [0.4, 0.5) is 5.69 Å². The first kappa shape index (κ1) is 14.4. The van der Waals surface area contributed by atoms with E-state index >= 15 is 0 Å². The lowest BCUT2D eigenvalue weighted by Crippen LogP contribution is -2.33. The molecule has 1 aromatic carbocycles. The van der Waals surface area contributed by atoms with E-state index in [0.717, 1.165) is 12.3 Å². The van der Waals surface area contributed by atoms with Gasteiger partial charge in [0, 0.05) is 25.4 Å². The molecule has 1 saturated heterocycles. The summed E-state index contributed by atoms with van der Waals surface area (Å²) in [5, 5.41) is 8.93. The smallest absolute Gasteiger partial charge is 0.0471 e. The van der Waals surface area contributed by atoms with Gasteiger partial charge in [0.25, 0.3) is 0 Å². The average molecular weight is 261 g/mol. The summed E-state index contributed by atoms with van der Waals surface area (Å²) in [6.45, 7) is 4.92. The molecule has 1 aliphatic rings. The molecule has 0 unspecified atom stereocenters. The second-order valence-electron chi connectivity index (χ2n) is 5.71. The molecule has 0 atom stereocenters. The highest BCUT2D eigenvalue weighted by atomic mass is 16.2. The Kier molecular flexibility index (Phi) is 5.71. The van der Waals surface area contributed by atoms with Crippen LogP contribution in [0.3, 0.4) is 0 Å². The molecule has 0 amide bonds. The van der Waals surface area contributed by atoms with Crippen molar-refractivity contribution in [3.63, 3.8) is 0 Å². The first-order valence-corrected chi connectivity index (χ1v) is 7.78. The minimum atomic E-state index is 0.238. The average Bonchev–Trinajstić information content (AvgIpc) is 2.47. The summed E-state index contributed by atoms with van der Waals surface area (Å²) >= 11 is 0. The number of aliphatic hydroxyl groups is 1. The summed E-state index contributed by atoms with van der Waals surface area (Å²) < 4.78 is 0. The van der Waals surface area contributed by atoms with E-state index in [1.807, 2.05) is 0 Å². The number of rotatable bonds is 6. The van der Waals surface area contributed by atoms with Crippen LogP contribution in [-0.4, -0.2) is 24.8 Å². The van der Waals surface area contributed by atoms with Gasteiger partial charge in [0.15, 0.2) is 0 Å². The predicted octanol–water partition coefficient (Wildman–Crippen LogP) is 3.63. The highest BCUT2D eigenvalue weighted by Gasteiger charge is 2.18. The van der Waals surface area contributed by atoms with Crippen LogP contribution in [0.1, 0.15) is 44.6 Å². The van der Waals surface area contributed by atoms with Gasteiger partial charge in [-0.3, -0.25) is 0 Å². The Morgan fingerprint density at radius 1 is 1.16 bits per heavy atom. The van der Waals surface area contributed by atoms with Crippen molar-refractivity contribution in [2.75, 3.05) is 24.6 Å². The van der Waals surface area contributed by atoms with Gasteiger partial charge in [-0.1, -0.05) is 38.3 Å². The number of hydrogen-bond acceptors (Lipinski definition) is 2. The van der Waals surface area contributed by atoms with Crippen LogP contribution < -0.4 is 4.90 Å². The second kappa shape index (κ2) is 7.54. The quantitative estimate of drug-likeness (QED) is 0.845. The first-order valence-electron chi connectivity index (χ1n) is 7.78. The van der Waals surface area contributed by atoms with Gasteiger partial charge >= 0.3 is 0 Å². The number of aliphatic hydroxyl groups excluding tert-OH is 1. The zero-order valence-corrected chi connectivity index (χ0v) is 12.1. The van der Waals surface area contributed by atoms with Gasteiger partial charge in [0.2, 0.25) is 0 Å². The van der Waals surface area contributed by atoms with Crippen LogP contribution in [0.15, 0.2) is 24.3 Å². The van der Waals surface area contributed by atoms with Gasteiger partial charge in [-0.25, -0.2) is 0 Å². The van der Waals surface area contributed by atoms with E-state index < -0.39 is 0 Å². The Balaban J connectivity index is 1.83. The summed E-state index contributed by atoms with van der Waals surface area (Å²) in [6.07, 6.45) is 7.59. The van der Waals surface area contributed by atoms with Crippen molar-refractivity contribution in [2.45, 2.75) is 45.4 Å². The van der Waals surface area contributed by atoms with Crippen LogP contribution in [-0.2, 0) is 6.42 Å². The van der Waals surface area contributed by atoms with Crippen molar-refractivity contribution in [1.29, 1.82) is 0 Å². The maximum Gasteiger partial charge on any atom is 0.0471 e. The van der Waals surface area contributed by atoms with E-state index in [0.29, 0.717) is 0 Å². The molecule has 2 rings (SSSR count). The van der Waals surface area contributed by atoms with Crippen LogP contribution in [0.5, 0.6) is 0 Å². The number of piperidine rings is 1. The maximum absolute atomic E-state index is 8.93. The highest BCUT2D eigenvalue weighted by Crippen LogP contribution is 2.26. The van der Waals surface area contributed by atoms with E-state index in [1.54, 1.807) is 0 Å². The molecule has 0 bridgehead atoms. The van der Waals surface area contributed by atoms with Gasteiger partial charge < -0.3 is 10.0 Å². The fourth-order valence-electron chi connectivity index (χ4n) is 2.98. The molecule has 1 N–H and O–H groups in total. The third-order valence-corrected chi connectivity index (χ3v) is 4.28. The summed E-state index contributed by atoms with van der Waals surface area (Å²) in [6, 6.07) is 8.71. The molecule has 0 radical (unpaired) electrons. The lowest BCUT2D eigenvalue weighted by molar-refractivity contribution is 0.299. The van der Waals surface area contributed by atoms with E-state index in [-0.39, 0.29) is 6.61 Å². The molecule has 0 aromatic heterocycles. The summed E-state index contributed by atoms with van der Waals surface area (Å²) in [5.41, 5.74) is 2.57. The standard InChI is InChI=1S/C17H27NO/c1-2-3-4-15-9-12-18(13-10-15)17-7-5-16(6-8-17)11-14-19/h5-8,15,19H,2-4,9-14H2,1H3. The SMILES string of the molecule is CCCCC1CCN(c2ccc(CCO)cc2)CC1. The maximum atomic E-state index is 8.93. The Hall–Kier alpha value is -1.02. The lowest BCUT2D eigenvalue weighted by atomic mass is 9.91. The zero-order valence-electron chi connectivity index (χ0n) is 12.1. The molecule has 1 aromatic rings. The molecule has 0 spiro atoms. The lowest BCUT2D eigenvalue weighted by Gasteiger charge is -2.33. The van der Waals surface area contributed by atoms with Crippen molar-refractivity contribution in [3.05, 3.63) is 29.8 Å². The minimum Gasteiger partial charge on any atom is -0.396 e. The fraction of sp³-hybridized carbons (Fsp3) is 0.647. The number of benzene rings is 1. The normalized spacial score (nSPS) is 16.8. The highest BCUT2D eigenvalue weighted by molar-refractivity contribution is 5.48. The third-order valence-electron chi connectivity index (χ3n) is 4.28. The Labute approximate surface area is 117 Å². The molecule has 2 nitrogen and oxygen atoms in total. The van der Waals surface area contributed by atoms with E-state index in [9.17, 15) is 0 Å². The van der Waals surface area contributed by atoms with E-state index in [2.05, 4.69) is 36.1 Å². The molecule has 0 saturated carbocycles. The van der Waals surface area contributed by atoms with Crippen molar-refractivity contribution in [2.24, 2.45) is 5.92 Å². The van der Waals surface area contributed by atoms with Crippen LogP contribution >= 0.6 is 0 Å². The molecule has 106 valence electrons. The van der Waals surface area contributed by atoms with Gasteiger partial charge in [-0.15, -0.1) is 0 Å².